The molecule has 2 aromatic carbocycles. The summed E-state index contributed by atoms with van der Waals surface area (Å²) < 4.78 is 40.4. The van der Waals surface area contributed by atoms with Crippen LogP contribution < -0.4 is 4.90 Å². The number of halogens is 1. The molecule has 0 bridgehead atoms. The molecule has 158 valence electrons. The van der Waals surface area contributed by atoms with E-state index >= 15 is 0 Å². The van der Waals surface area contributed by atoms with E-state index in [0.717, 1.165) is 16.9 Å². The zero-order chi connectivity index (χ0) is 22.0. The quantitative estimate of drug-likeness (QED) is 0.436. The maximum Gasteiger partial charge on any atom is 0.244 e. The molecule has 6 nitrogen and oxygen atoms in total. The first-order valence-corrected chi connectivity index (χ1v) is 11.8. The molecule has 31 heavy (non-hydrogen) atoms. The van der Waals surface area contributed by atoms with Crippen molar-refractivity contribution >= 4 is 42.4 Å². The first kappa shape index (κ1) is 21.1. The van der Waals surface area contributed by atoms with Gasteiger partial charge in [0, 0.05) is 6.20 Å². The van der Waals surface area contributed by atoms with Gasteiger partial charge < -0.3 is 0 Å². The SMILES string of the molecule is Cc1ccc(S(=O)(=O)CC(=O)N(Cc2ccccn2)c2nc3c(F)cccc3s2)cc1. The zero-order valence-corrected chi connectivity index (χ0v) is 18.2. The number of para-hydroxylation sites is 1. The highest BCUT2D eigenvalue weighted by Crippen LogP contribution is 2.31. The number of carbonyl (C=O) groups is 1. The molecule has 2 heterocycles. The van der Waals surface area contributed by atoms with Gasteiger partial charge in [-0.25, -0.2) is 17.8 Å². The van der Waals surface area contributed by atoms with Crippen molar-refractivity contribution in [3.63, 3.8) is 0 Å². The lowest BCUT2D eigenvalue weighted by Gasteiger charge is -2.19. The van der Waals surface area contributed by atoms with Crippen molar-refractivity contribution in [1.82, 2.24) is 9.97 Å². The van der Waals surface area contributed by atoms with Gasteiger partial charge >= 0.3 is 0 Å². The number of anilines is 1. The number of benzene rings is 2. The molecule has 0 N–H and O–H groups in total. The Morgan fingerprint density at radius 3 is 2.52 bits per heavy atom. The van der Waals surface area contributed by atoms with Crippen molar-refractivity contribution in [3.05, 3.63) is 83.9 Å². The fourth-order valence-electron chi connectivity index (χ4n) is 3.00. The van der Waals surface area contributed by atoms with Crippen molar-refractivity contribution in [2.45, 2.75) is 18.4 Å². The summed E-state index contributed by atoms with van der Waals surface area (Å²) in [4.78, 5) is 23.0. The Hall–Kier alpha value is -3.17. The smallest absolute Gasteiger partial charge is 0.244 e. The van der Waals surface area contributed by atoms with E-state index in [2.05, 4.69) is 9.97 Å². The van der Waals surface area contributed by atoms with E-state index in [1.807, 2.05) is 6.92 Å². The number of nitrogens with zero attached hydrogens (tertiary/aromatic N) is 3. The largest absolute Gasteiger partial charge is 0.281 e. The van der Waals surface area contributed by atoms with Gasteiger partial charge in [0.15, 0.2) is 15.0 Å². The summed E-state index contributed by atoms with van der Waals surface area (Å²) in [5.41, 5.74) is 1.62. The number of hydrogen-bond donors (Lipinski definition) is 0. The Balaban J connectivity index is 1.70. The summed E-state index contributed by atoms with van der Waals surface area (Å²) in [6.07, 6.45) is 1.58. The molecule has 0 saturated heterocycles. The number of amides is 1. The highest BCUT2D eigenvalue weighted by molar-refractivity contribution is 7.92. The third-order valence-corrected chi connectivity index (χ3v) is 7.29. The lowest BCUT2D eigenvalue weighted by atomic mass is 10.2. The van der Waals surface area contributed by atoms with Crippen LogP contribution in [0.25, 0.3) is 10.2 Å². The fraction of sp³-hybridized carbons (Fsp3) is 0.136. The van der Waals surface area contributed by atoms with Crippen LogP contribution in [-0.2, 0) is 21.2 Å². The Bertz CT molecular complexity index is 1340. The summed E-state index contributed by atoms with van der Waals surface area (Å²) in [6, 6.07) is 16.1. The molecule has 1 amide bonds. The molecule has 0 atom stereocenters. The van der Waals surface area contributed by atoms with E-state index in [0.29, 0.717) is 10.4 Å². The lowest BCUT2D eigenvalue weighted by Crippen LogP contribution is -2.35. The maximum absolute atomic E-state index is 14.1. The van der Waals surface area contributed by atoms with Crippen LogP contribution in [0.5, 0.6) is 0 Å². The van der Waals surface area contributed by atoms with Gasteiger partial charge in [-0.3, -0.25) is 14.7 Å². The number of hydrogen-bond acceptors (Lipinski definition) is 6. The normalized spacial score (nSPS) is 11.5. The average molecular weight is 456 g/mol. The van der Waals surface area contributed by atoms with Crippen molar-refractivity contribution in [3.8, 4) is 0 Å². The molecule has 0 fully saturated rings. The molecule has 0 spiro atoms. The van der Waals surface area contributed by atoms with Gasteiger partial charge in [0.05, 0.1) is 21.8 Å². The van der Waals surface area contributed by atoms with E-state index in [-0.39, 0.29) is 22.1 Å². The lowest BCUT2D eigenvalue weighted by molar-refractivity contribution is -0.116. The van der Waals surface area contributed by atoms with E-state index in [1.54, 1.807) is 48.7 Å². The molecule has 0 radical (unpaired) electrons. The Morgan fingerprint density at radius 2 is 1.84 bits per heavy atom. The topological polar surface area (TPSA) is 80.2 Å². The minimum Gasteiger partial charge on any atom is -0.281 e. The highest BCUT2D eigenvalue weighted by Gasteiger charge is 2.27. The van der Waals surface area contributed by atoms with Crippen molar-refractivity contribution in [1.29, 1.82) is 0 Å². The average Bonchev–Trinajstić information content (AvgIpc) is 3.18. The molecule has 0 aliphatic heterocycles. The second-order valence-electron chi connectivity index (χ2n) is 6.96. The van der Waals surface area contributed by atoms with Gasteiger partial charge in [-0.1, -0.05) is 41.2 Å². The predicted octanol–water partition coefficient (Wildman–Crippen LogP) is 4.15. The second-order valence-corrected chi connectivity index (χ2v) is 9.95. The number of rotatable bonds is 6. The number of aromatic nitrogens is 2. The van der Waals surface area contributed by atoms with Gasteiger partial charge in [0.1, 0.15) is 17.1 Å². The third kappa shape index (κ3) is 4.62. The van der Waals surface area contributed by atoms with Gasteiger partial charge in [-0.2, -0.15) is 0 Å². The van der Waals surface area contributed by atoms with Gasteiger partial charge in [-0.05, 0) is 43.3 Å². The minimum atomic E-state index is -3.87. The van der Waals surface area contributed by atoms with Crippen molar-refractivity contribution in [2.24, 2.45) is 0 Å². The van der Waals surface area contributed by atoms with E-state index < -0.39 is 27.3 Å². The fourth-order valence-corrected chi connectivity index (χ4v) is 5.20. The molecule has 0 aliphatic carbocycles. The number of thiazole rings is 1. The predicted molar refractivity (Wildman–Crippen MR) is 118 cm³/mol. The number of aryl methyl sites for hydroxylation is 1. The standard InChI is InChI=1S/C22H18FN3O3S2/c1-15-8-10-17(11-9-15)31(28,29)14-20(27)26(13-16-5-2-3-12-24-16)22-25-21-18(23)6-4-7-19(21)30-22/h2-12H,13-14H2,1H3. The number of pyridine rings is 1. The van der Waals surface area contributed by atoms with Gasteiger partial charge in [-0.15, -0.1) is 0 Å². The summed E-state index contributed by atoms with van der Waals surface area (Å²) in [6.45, 7) is 1.87. The van der Waals surface area contributed by atoms with Crippen LogP contribution >= 0.6 is 11.3 Å². The first-order valence-electron chi connectivity index (χ1n) is 9.38. The van der Waals surface area contributed by atoms with E-state index in [4.69, 9.17) is 0 Å². The van der Waals surface area contributed by atoms with Crippen molar-refractivity contribution in [2.75, 3.05) is 10.7 Å². The maximum atomic E-state index is 14.1. The molecule has 2 aromatic heterocycles. The van der Waals surface area contributed by atoms with Crippen LogP contribution in [0.4, 0.5) is 9.52 Å². The monoisotopic (exact) mass is 455 g/mol. The van der Waals surface area contributed by atoms with Crippen LogP contribution in [0.3, 0.4) is 0 Å². The van der Waals surface area contributed by atoms with Crippen LogP contribution in [0.15, 0.2) is 71.8 Å². The van der Waals surface area contributed by atoms with E-state index in [9.17, 15) is 17.6 Å². The number of sulfone groups is 1. The molecule has 4 aromatic rings. The summed E-state index contributed by atoms with van der Waals surface area (Å²) in [5, 5.41) is 0.217. The Labute approximate surface area is 182 Å². The molecular formula is C22H18FN3O3S2. The van der Waals surface area contributed by atoms with Crippen LogP contribution in [0.2, 0.25) is 0 Å². The van der Waals surface area contributed by atoms with Crippen LogP contribution in [-0.4, -0.2) is 30.0 Å². The minimum absolute atomic E-state index is 0.0184. The Kier molecular flexibility index (Phi) is 5.79. The molecule has 9 heteroatoms. The summed E-state index contributed by atoms with van der Waals surface area (Å²) in [7, 11) is -3.87. The highest BCUT2D eigenvalue weighted by atomic mass is 32.2. The third-order valence-electron chi connectivity index (χ3n) is 4.63. The molecule has 0 saturated carbocycles. The first-order chi connectivity index (χ1) is 14.8. The summed E-state index contributed by atoms with van der Waals surface area (Å²) in [5.74, 6) is -1.90. The molecular weight excluding hydrogens is 437 g/mol. The van der Waals surface area contributed by atoms with E-state index in [1.165, 1.54) is 23.1 Å². The molecule has 4 rings (SSSR count). The number of fused-ring (bicyclic) bond motifs is 1. The molecule has 0 aliphatic rings. The second kappa shape index (κ2) is 8.52. The van der Waals surface area contributed by atoms with Gasteiger partial charge in [0.2, 0.25) is 5.91 Å². The summed E-state index contributed by atoms with van der Waals surface area (Å²) >= 11 is 1.12. The molecule has 0 unspecified atom stereocenters. The zero-order valence-electron chi connectivity index (χ0n) is 16.5. The van der Waals surface area contributed by atoms with Crippen LogP contribution in [0.1, 0.15) is 11.3 Å². The number of carbonyl (C=O) groups excluding carboxylic acids is 1. The van der Waals surface area contributed by atoms with Crippen molar-refractivity contribution < 1.29 is 17.6 Å². The van der Waals surface area contributed by atoms with Gasteiger partial charge in [0.25, 0.3) is 0 Å². The van der Waals surface area contributed by atoms with Crippen LogP contribution in [0, 0.1) is 12.7 Å². The Morgan fingerprint density at radius 1 is 1.06 bits per heavy atom.